The number of nitrogens with one attached hydrogen (secondary N) is 1. The third-order valence-electron chi connectivity index (χ3n) is 6.25. The maximum absolute atomic E-state index is 5.79. The number of hydrogen-bond donors (Lipinski definition) is 1. The molecule has 2 saturated heterocycles. The number of nitrogens with zero attached hydrogens (tertiary/aromatic N) is 3. The predicted molar refractivity (Wildman–Crippen MR) is 123 cm³/mol. The second-order valence-electron chi connectivity index (χ2n) is 8.40. The van der Waals surface area contributed by atoms with Crippen molar-refractivity contribution in [2.45, 2.75) is 52.2 Å². The van der Waals surface area contributed by atoms with E-state index in [0.29, 0.717) is 12.0 Å². The SMILES string of the molecule is CCNC(=NCC1CCN(Cc2ccc(OC)cc2)CC1)N1CCC(OCC)CC1. The number of guanidine groups is 1. The minimum Gasteiger partial charge on any atom is -0.497 e. The molecule has 2 aliphatic heterocycles. The number of likely N-dealkylation sites (tertiary alicyclic amines) is 2. The van der Waals surface area contributed by atoms with Crippen molar-refractivity contribution in [1.29, 1.82) is 0 Å². The highest BCUT2D eigenvalue weighted by Gasteiger charge is 2.23. The summed E-state index contributed by atoms with van der Waals surface area (Å²) < 4.78 is 11.0. The van der Waals surface area contributed by atoms with Gasteiger partial charge in [-0.05, 0) is 76.2 Å². The van der Waals surface area contributed by atoms with Gasteiger partial charge < -0.3 is 19.7 Å². The lowest BCUT2D eigenvalue weighted by atomic mass is 9.96. The standard InChI is InChI=1S/C24H40N4O2/c1-4-25-24(28-16-12-23(13-17-28)30-5-2)26-18-20-10-14-27(15-11-20)19-21-6-8-22(29-3)9-7-21/h6-9,20,23H,4-5,10-19H2,1-3H3,(H,25,26). The van der Waals surface area contributed by atoms with Crippen molar-refractivity contribution >= 4 is 5.96 Å². The fraction of sp³-hybridized carbons (Fsp3) is 0.708. The molecule has 0 saturated carbocycles. The van der Waals surface area contributed by atoms with E-state index in [0.717, 1.165) is 77.0 Å². The molecule has 168 valence electrons. The molecular formula is C24H40N4O2. The average molecular weight is 417 g/mol. The monoisotopic (exact) mass is 416 g/mol. The molecule has 0 aromatic heterocycles. The summed E-state index contributed by atoms with van der Waals surface area (Å²) in [7, 11) is 1.71. The number of ether oxygens (including phenoxy) is 2. The van der Waals surface area contributed by atoms with Crippen molar-refractivity contribution in [2.75, 3.05) is 53.0 Å². The van der Waals surface area contributed by atoms with E-state index in [2.05, 4.69) is 53.2 Å². The first-order valence-electron chi connectivity index (χ1n) is 11.7. The molecule has 1 aromatic carbocycles. The number of benzene rings is 1. The minimum absolute atomic E-state index is 0.421. The first kappa shape index (κ1) is 22.9. The molecule has 2 fully saturated rings. The van der Waals surface area contributed by atoms with E-state index in [4.69, 9.17) is 14.5 Å². The Morgan fingerprint density at radius 3 is 2.33 bits per heavy atom. The Hall–Kier alpha value is -1.79. The fourth-order valence-corrected chi connectivity index (χ4v) is 4.43. The van der Waals surface area contributed by atoms with Gasteiger partial charge in [-0.3, -0.25) is 9.89 Å². The zero-order chi connectivity index (χ0) is 21.2. The summed E-state index contributed by atoms with van der Waals surface area (Å²) in [6.07, 6.45) is 5.07. The summed E-state index contributed by atoms with van der Waals surface area (Å²) in [4.78, 5) is 9.99. The quantitative estimate of drug-likeness (QED) is 0.520. The Morgan fingerprint density at radius 2 is 1.73 bits per heavy atom. The highest BCUT2D eigenvalue weighted by Crippen LogP contribution is 2.21. The molecule has 0 unspecified atom stereocenters. The number of rotatable bonds is 8. The fourth-order valence-electron chi connectivity index (χ4n) is 4.43. The largest absolute Gasteiger partial charge is 0.497 e. The molecule has 2 heterocycles. The Labute approximate surface area is 182 Å². The normalized spacial score (nSPS) is 19.8. The van der Waals surface area contributed by atoms with Gasteiger partial charge in [-0.15, -0.1) is 0 Å². The minimum atomic E-state index is 0.421. The van der Waals surface area contributed by atoms with Crippen molar-refractivity contribution in [1.82, 2.24) is 15.1 Å². The second-order valence-corrected chi connectivity index (χ2v) is 8.40. The van der Waals surface area contributed by atoms with Crippen LogP contribution in [0.2, 0.25) is 0 Å². The van der Waals surface area contributed by atoms with Crippen LogP contribution in [0.3, 0.4) is 0 Å². The average Bonchev–Trinajstić information content (AvgIpc) is 2.79. The number of aliphatic imine (C=N–C) groups is 1. The summed E-state index contributed by atoms with van der Waals surface area (Å²) in [6, 6.07) is 8.45. The molecule has 2 aliphatic rings. The molecule has 0 spiro atoms. The van der Waals surface area contributed by atoms with E-state index in [1.807, 2.05) is 0 Å². The van der Waals surface area contributed by atoms with E-state index in [1.54, 1.807) is 7.11 Å². The summed E-state index contributed by atoms with van der Waals surface area (Å²) >= 11 is 0. The molecule has 0 radical (unpaired) electrons. The van der Waals surface area contributed by atoms with Crippen molar-refractivity contribution in [3.63, 3.8) is 0 Å². The molecule has 1 N–H and O–H groups in total. The summed E-state index contributed by atoms with van der Waals surface area (Å²) in [6.45, 7) is 12.3. The van der Waals surface area contributed by atoms with Crippen LogP contribution in [-0.4, -0.2) is 74.8 Å². The number of methoxy groups -OCH3 is 1. The number of hydrogen-bond acceptors (Lipinski definition) is 4. The van der Waals surface area contributed by atoms with E-state index >= 15 is 0 Å². The Balaban J connectivity index is 1.43. The molecular weight excluding hydrogens is 376 g/mol. The van der Waals surface area contributed by atoms with Crippen LogP contribution < -0.4 is 10.1 Å². The van der Waals surface area contributed by atoms with E-state index in [9.17, 15) is 0 Å². The second kappa shape index (κ2) is 12.2. The van der Waals surface area contributed by atoms with Crippen molar-refractivity contribution in [2.24, 2.45) is 10.9 Å². The Morgan fingerprint density at radius 1 is 1.03 bits per heavy atom. The lowest BCUT2D eigenvalue weighted by molar-refractivity contribution is 0.0263. The van der Waals surface area contributed by atoms with Gasteiger partial charge in [-0.1, -0.05) is 12.1 Å². The van der Waals surface area contributed by atoms with Gasteiger partial charge in [0.1, 0.15) is 5.75 Å². The van der Waals surface area contributed by atoms with Crippen molar-refractivity contribution in [3.05, 3.63) is 29.8 Å². The molecule has 6 heteroatoms. The maximum atomic E-state index is 5.79. The molecule has 0 atom stereocenters. The zero-order valence-electron chi connectivity index (χ0n) is 19.1. The van der Waals surface area contributed by atoms with Gasteiger partial charge in [0, 0.05) is 39.3 Å². The van der Waals surface area contributed by atoms with Gasteiger partial charge in [-0.25, -0.2) is 0 Å². The molecule has 0 amide bonds. The van der Waals surface area contributed by atoms with Gasteiger partial charge in [0.05, 0.1) is 13.2 Å². The van der Waals surface area contributed by atoms with Crippen LogP contribution in [-0.2, 0) is 11.3 Å². The highest BCUT2D eigenvalue weighted by molar-refractivity contribution is 5.80. The van der Waals surface area contributed by atoms with Gasteiger partial charge >= 0.3 is 0 Å². The van der Waals surface area contributed by atoms with E-state index < -0.39 is 0 Å². The lowest BCUT2D eigenvalue weighted by Gasteiger charge is -2.35. The zero-order valence-corrected chi connectivity index (χ0v) is 19.1. The van der Waals surface area contributed by atoms with Crippen molar-refractivity contribution in [3.8, 4) is 5.75 Å². The van der Waals surface area contributed by atoms with Crippen LogP contribution in [0.15, 0.2) is 29.3 Å². The molecule has 30 heavy (non-hydrogen) atoms. The van der Waals surface area contributed by atoms with Gasteiger partial charge in [-0.2, -0.15) is 0 Å². The maximum Gasteiger partial charge on any atom is 0.193 e. The summed E-state index contributed by atoms with van der Waals surface area (Å²) in [5, 5.41) is 3.50. The van der Waals surface area contributed by atoms with Crippen LogP contribution in [0.4, 0.5) is 0 Å². The summed E-state index contributed by atoms with van der Waals surface area (Å²) in [5.41, 5.74) is 1.36. The Kier molecular flexibility index (Phi) is 9.27. The van der Waals surface area contributed by atoms with Crippen LogP contribution in [0.1, 0.15) is 45.1 Å². The third kappa shape index (κ3) is 6.88. The molecule has 6 nitrogen and oxygen atoms in total. The van der Waals surface area contributed by atoms with Crippen LogP contribution in [0, 0.1) is 5.92 Å². The van der Waals surface area contributed by atoms with E-state index in [-0.39, 0.29) is 0 Å². The van der Waals surface area contributed by atoms with Crippen LogP contribution >= 0.6 is 0 Å². The first-order chi connectivity index (χ1) is 14.7. The van der Waals surface area contributed by atoms with Gasteiger partial charge in [0.15, 0.2) is 5.96 Å². The lowest BCUT2D eigenvalue weighted by Crippen LogP contribution is -2.47. The molecule has 1 aromatic rings. The first-order valence-corrected chi connectivity index (χ1v) is 11.7. The number of piperidine rings is 2. The van der Waals surface area contributed by atoms with Crippen LogP contribution in [0.25, 0.3) is 0 Å². The smallest absolute Gasteiger partial charge is 0.193 e. The molecule has 3 rings (SSSR count). The third-order valence-corrected chi connectivity index (χ3v) is 6.25. The molecule has 0 bridgehead atoms. The van der Waals surface area contributed by atoms with E-state index in [1.165, 1.54) is 18.4 Å². The van der Waals surface area contributed by atoms with Gasteiger partial charge in [0.2, 0.25) is 0 Å². The highest BCUT2D eigenvalue weighted by atomic mass is 16.5. The van der Waals surface area contributed by atoms with Gasteiger partial charge in [0.25, 0.3) is 0 Å². The predicted octanol–water partition coefficient (Wildman–Crippen LogP) is 3.37. The van der Waals surface area contributed by atoms with Crippen LogP contribution in [0.5, 0.6) is 5.75 Å². The summed E-state index contributed by atoms with van der Waals surface area (Å²) in [5.74, 6) is 2.70. The Bertz CT molecular complexity index is 633. The molecule has 0 aliphatic carbocycles. The topological polar surface area (TPSA) is 49.3 Å². The van der Waals surface area contributed by atoms with Crippen molar-refractivity contribution < 1.29 is 9.47 Å².